The van der Waals surface area contributed by atoms with Crippen LogP contribution in [-0.4, -0.2) is 50.1 Å². The van der Waals surface area contributed by atoms with Crippen molar-refractivity contribution in [3.63, 3.8) is 0 Å². The minimum Gasteiger partial charge on any atom is -0.317 e. The number of fused-ring (bicyclic) bond motifs is 1. The topological polar surface area (TPSA) is 35.6 Å². The number of hydrogen-bond donors (Lipinski definition) is 1. The van der Waals surface area contributed by atoms with Gasteiger partial charge in [-0.05, 0) is 63.0 Å². The monoisotopic (exact) mass is 337 g/mol. The van der Waals surface area contributed by atoms with Crippen LogP contribution in [0, 0.1) is 5.92 Å². The molecule has 0 unspecified atom stereocenters. The van der Waals surface area contributed by atoms with Crippen molar-refractivity contribution in [1.82, 2.24) is 10.2 Å². The number of nitrogens with zero attached hydrogens (tertiary/aromatic N) is 2. The van der Waals surface area contributed by atoms with Gasteiger partial charge in [0.15, 0.2) is 0 Å². The highest BCUT2D eigenvalue weighted by Gasteiger charge is 2.27. The minimum absolute atomic E-state index is 0. The predicted octanol–water partition coefficient (Wildman–Crippen LogP) is 2.32. The first-order valence-corrected chi connectivity index (χ1v) is 8.59. The second-order valence-corrected chi connectivity index (χ2v) is 6.45. The van der Waals surface area contributed by atoms with E-state index in [9.17, 15) is 4.79 Å². The number of hydrogen-bond acceptors (Lipinski definition) is 3. The van der Waals surface area contributed by atoms with Crippen LogP contribution in [0.3, 0.4) is 0 Å². The summed E-state index contributed by atoms with van der Waals surface area (Å²) in [4.78, 5) is 16.9. The number of carbonyl (C=O) groups excluding carboxylic acids is 1. The number of anilines is 1. The fraction of sp³-hybridized carbons (Fsp3) is 0.611. The summed E-state index contributed by atoms with van der Waals surface area (Å²) in [6, 6.07) is 8.29. The highest BCUT2D eigenvalue weighted by atomic mass is 35.5. The van der Waals surface area contributed by atoms with E-state index in [1.807, 2.05) is 11.0 Å². The van der Waals surface area contributed by atoms with E-state index in [1.165, 1.54) is 18.4 Å². The number of piperidine rings is 1. The number of nitrogens with one attached hydrogen (secondary N) is 1. The average molecular weight is 338 g/mol. The summed E-state index contributed by atoms with van der Waals surface area (Å²) >= 11 is 0. The van der Waals surface area contributed by atoms with Crippen LogP contribution in [0.15, 0.2) is 24.3 Å². The molecule has 0 aromatic heterocycles. The Labute approximate surface area is 145 Å². The zero-order valence-corrected chi connectivity index (χ0v) is 14.8. The molecule has 2 heterocycles. The van der Waals surface area contributed by atoms with Crippen LogP contribution in [-0.2, 0) is 11.2 Å². The van der Waals surface area contributed by atoms with Gasteiger partial charge >= 0.3 is 0 Å². The van der Waals surface area contributed by atoms with Crippen LogP contribution in [0.1, 0.15) is 25.3 Å². The van der Waals surface area contributed by atoms with Crippen molar-refractivity contribution in [3.8, 4) is 0 Å². The number of halogens is 1. The van der Waals surface area contributed by atoms with Crippen LogP contribution < -0.4 is 10.2 Å². The molecule has 4 nitrogen and oxygen atoms in total. The molecule has 128 valence electrons. The number of rotatable bonds is 5. The zero-order valence-electron chi connectivity index (χ0n) is 14.0. The van der Waals surface area contributed by atoms with Gasteiger partial charge in [0.05, 0.1) is 6.54 Å². The van der Waals surface area contributed by atoms with Crippen LogP contribution in [0.5, 0.6) is 0 Å². The second-order valence-electron chi connectivity index (χ2n) is 6.45. The molecule has 0 radical (unpaired) electrons. The second kappa shape index (κ2) is 8.67. The SMILES string of the molecule is CCNCC1CCN(CC(=O)N2CCc3ccccc32)CC1.Cl. The molecule has 23 heavy (non-hydrogen) atoms. The van der Waals surface area contributed by atoms with Gasteiger partial charge in [-0.25, -0.2) is 0 Å². The van der Waals surface area contributed by atoms with Crippen LogP contribution >= 0.6 is 12.4 Å². The normalized spacial score (nSPS) is 18.6. The fourth-order valence-electron chi connectivity index (χ4n) is 3.57. The van der Waals surface area contributed by atoms with Gasteiger partial charge < -0.3 is 10.2 Å². The summed E-state index contributed by atoms with van der Waals surface area (Å²) in [7, 11) is 0. The maximum Gasteiger partial charge on any atom is 0.241 e. The summed E-state index contributed by atoms with van der Waals surface area (Å²) in [5.41, 5.74) is 2.43. The maximum absolute atomic E-state index is 12.6. The Kier molecular flexibility index (Phi) is 6.88. The Morgan fingerprint density at radius 1 is 1.22 bits per heavy atom. The molecule has 2 aliphatic rings. The highest BCUT2D eigenvalue weighted by molar-refractivity contribution is 5.96. The largest absolute Gasteiger partial charge is 0.317 e. The lowest BCUT2D eigenvalue weighted by atomic mass is 9.97. The van der Waals surface area contributed by atoms with Crippen molar-refractivity contribution in [1.29, 1.82) is 0 Å². The molecule has 1 aromatic rings. The maximum atomic E-state index is 12.6. The van der Waals surface area contributed by atoms with Crippen molar-refractivity contribution >= 4 is 24.0 Å². The van der Waals surface area contributed by atoms with E-state index in [0.717, 1.165) is 50.7 Å². The molecule has 0 atom stereocenters. The highest BCUT2D eigenvalue weighted by Crippen LogP contribution is 2.27. The quantitative estimate of drug-likeness (QED) is 0.895. The number of amides is 1. The van der Waals surface area contributed by atoms with Crippen molar-refractivity contribution in [3.05, 3.63) is 29.8 Å². The molecule has 1 saturated heterocycles. The third-order valence-electron chi connectivity index (χ3n) is 4.94. The number of para-hydroxylation sites is 1. The van der Waals surface area contributed by atoms with Gasteiger partial charge in [-0.15, -0.1) is 12.4 Å². The van der Waals surface area contributed by atoms with Gasteiger partial charge in [-0.1, -0.05) is 25.1 Å². The van der Waals surface area contributed by atoms with Crippen molar-refractivity contribution in [2.75, 3.05) is 44.2 Å². The van der Waals surface area contributed by atoms with E-state index in [2.05, 4.69) is 35.3 Å². The lowest BCUT2D eigenvalue weighted by molar-refractivity contribution is -0.120. The molecule has 0 aliphatic carbocycles. The Morgan fingerprint density at radius 3 is 2.70 bits per heavy atom. The first-order chi connectivity index (χ1) is 10.8. The molecule has 0 bridgehead atoms. The van der Waals surface area contributed by atoms with E-state index < -0.39 is 0 Å². The van der Waals surface area contributed by atoms with E-state index >= 15 is 0 Å². The molecular weight excluding hydrogens is 310 g/mol. The van der Waals surface area contributed by atoms with Crippen LogP contribution in [0.4, 0.5) is 5.69 Å². The molecule has 3 rings (SSSR count). The van der Waals surface area contributed by atoms with E-state index in [-0.39, 0.29) is 18.3 Å². The van der Waals surface area contributed by atoms with E-state index in [4.69, 9.17) is 0 Å². The Hall–Kier alpha value is -1.10. The van der Waals surface area contributed by atoms with Gasteiger partial charge in [-0.3, -0.25) is 9.69 Å². The Morgan fingerprint density at radius 2 is 1.96 bits per heavy atom. The van der Waals surface area contributed by atoms with Crippen molar-refractivity contribution in [2.24, 2.45) is 5.92 Å². The molecule has 2 aliphatic heterocycles. The molecule has 0 spiro atoms. The molecule has 1 fully saturated rings. The third-order valence-corrected chi connectivity index (χ3v) is 4.94. The van der Waals surface area contributed by atoms with E-state index in [1.54, 1.807) is 0 Å². The number of likely N-dealkylation sites (tertiary alicyclic amines) is 1. The van der Waals surface area contributed by atoms with Crippen molar-refractivity contribution in [2.45, 2.75) is 26.2 Å². The van der Waals surface area contributed by atoms with Gasteiger partial charge in [0.2, 0.25) is 5.91 Å². The molecule has 5 heteroatoms. The van der Waals surface area contributed by atoms with Gasteiger partial charge in [0.25, 0.3) is 0 Å². The number of carbonyl (C=O) groups is 1. The van der Waals surface area contributed by atoms with E-state index in [0.29, 0.717) is 6.54 Å². The summed E-state index contributed by atoms with van der Waals surface area (Å²) in [6.45, 7) is 7.85. The summed E-state index contributed by atoms with van der Waals surface area (Å²) in [5.74, 6) is 1.04. The van der Waals surface area contributed by atoms with Crippen LogP contribution in [0.25, 0.3) is 0 Å². The summed E-state index contributed by atoms with van der Waals surface area (Å²) < 4.78 is 0. The Balaban J connectivity index is 0.00000192. The van der Waals surface area contributed by atoms with Gasteiger partial charge in [-0.2, -0.15) is 0 Å². The van der Waals surface area contributed by atoms with Crippen molar-refractivity contribution < 1.29 is 4.79 Å². The zero-order chi connectivity index (χ0) is 15.4. The molecule has 1 aromatic carbocycles. The first kappa shape index (κ1) is 18.2. The molecule has 1 amide bonds. The third kappa shape index (κ3) is 4.46. The van der Waals surface area contributed by atoms with Gasteiger partial charge in [0.1, 0.15) is 0 Å². The number of benzene rings is 1. The summed E-state index contributed by atoms with van der Waals surface area (Å²) in [6.07, 6.45) is 3.40. The molecule has 1 N–H and O–H groups in total. The minimum atomic E-state index is 0. The lowest BCUT2D eigenvalue weighted by Gasteiger charge is -2.32. The predicted molar refractivity (Wildman–Crippen MR) is 97.5 cm³/mol. The Bertz CT molecular complexity index is 515. The fourth-order valence-corrected chi connectivity index (χ4v) is 3.57. The lowest BCUT2D eigenvalue weighted by Crippen LogP contribution is -2.44. The molecule has 0 saturated carbocycles. The summed E-state index contributed by atoms with van der Waals surface area (Å²) in [5, 5.41) is 3.44. The molecular formula is C18H28ClN3O. The smallest absolute Gasteiger partial charge is 0.241 e. The standard InChI is InChI=1S/C18H27N3O.ClH/c1-2-19-13-15-7-10-20(11-8-15)14-18(22)21-12-9-16-5-3-4-6-17(16)21;/h3-6,15,19H,2,7-14H2,1H3;1H. The first-order valence-electron chi connectivity index (χ1n) is 8.59. The van der Waals surface area contributed by atoms with Gasteiger partial charge in [0, 0.05) is 12.2 Å². The van der Waals surface area contributed by atoms with Crippen LogP contribution in [0.2, 0.25) is 0 Å². The average Bonchev–Trinajstić information content (AvgIpc) is 2.98.